The number of rotatable bonds is 3. The number of Topliss-reactive ketones (excluding diaryl/α,β-unsaturated/α-hetero) is 4. The number of carbonyl (C=O) groups excluding carboxylic acids is 5. The number of hydrogen-bond donors (Lipinski definition) is 4. The van der Waals surface area contributed by atoms with E-state index >= 15 is 0 Å². The molecule has 4 rings (SSSR count). The van der Waals surface area contributed by atoms with Gasteiger partial charge in [-0.05, 0) is 25.4 Å². The van der Waals surface area contributed by atoms with E-state index in [4.69, 9.17) is 5.73 Å². The van der Waals surface area contributed by atoms with Crippen molar-refractivity contribution in [2.75, 3.05) is 14.1 Å². The highest BCUT2D eigenvalue weighted by Crippen LogP contribution is 2.57. The predicted molar refractivity (Wildman–Crippen MR) is 133 cm³/mol. The summed E-state index contributed by atoms with van der Waals surface area (Å²) < 4.78 is 0. The minimum atomic E-state index is -3.14. The Morgan fingerprint density at radius 3 is 2.18 bits per heavy atom. The number of carbonyl (C=O) groups is 5. The molecule has 0 saturated heterocycles. The smallest absolute Gasteiger partial charge is 0.274 e. The lowest BCUT2D eigenvalue weighted by molar-refractivity contribution is -0.386. The van der Waals surface area contributed by atoms with Crippen molar-refractivity contribution < 1.29 is 44.2 Å². The molecule has 2 fully saturated rings. The highest BCUT2D eigenvalue weighted by atomic mass is 16.6. The molecule has 2 unspecified atom stereocenters. The summed E-state index contributed by atoms with van der Waals surface area (Å²) in [5.74, 6) is -15.4. The first kappa shape index (κ1) is 28.5. The zero-order valence-electron chi connectivity index (χ0n) is 22.3. The maximum Gasteiger partial charge on any atom is 0.274 e. The number of aromatic hydroxyl groups is 1. The Hall–Kier alpha value is -3.55. The quantitative estimate of drug-likeness (QED) is 0.218. The molecule has 5 N–H and O–H groups in total. The number of likely N-dealkylation sites (N-methyl/N-ethyl adjacent to an activating group) is 1. The number of aliphatic hydroxyl groups excluding tert-OH is 1. The highest BCUT2D eigenvalue weighted by Gasteiger charge is 2.73. The average Bonchev–Trinajstić information content (AvgIpc) is 2.79. The van der Waals surface area contributed by atoms with E-state index in [9.17, 15) is 49.4 Å². The molecule has 2 saturated carbocycles. The molecule has 8 atom stereocenters. The average molecular weight is 546 g/mol. The summed E-state index contributed by atoms with van der Waals surface area (Å²) in [5, 5.41) is 46.6. The molecule has 0 aromatic heterocycles. The summed E-state index contributed by atoms with van der Waals surface area (Å²) >= 11 is 0. The van der Waals surface area contributed by atoms with Gasteiger partial charge in [0.1, 0.15) is 5.75 Å². The summed E-state index contributed by atoms with van der Waals surface area (Å²) in [4.78, 5) is 79.3. The van der Waals surface area contributed by atoms with Crippen molar-refractivity contribution in [3.05, 3.63) is 32.9 Å². The lowest BCUT2D eigenvalue weighted by atomic mass is 9.49. The Morgan fingerprint density at radius 1 is 1.15 bits per heavy atom. The van der Waals surface area contributed by atoms with E-state index in [1.165, 1.54) is 25.9 Å². The molecule has 0 spiro atoms. The van der Waals surface area contributed by atoms with Crippen LogP contribution < -0.4 is 5.73 Å². The van der Waals surface area contributed by atoms with E-state index in [1.54, 1.807) is 20.8 Å². The molecule has 3 aliphatic carbocycles. The van der Waals surface area contributed by atoms with Crippen LogP contribution >= 0.6 is 0 Å². The molecule has 0 bridgehead atoms. The van der Waals surface area contributed by atoms with E-state index in [-0.39, 0.29) is 11.1 Å². The second kappa shape index (κ2) is 8.73. The Balaban J connectivity index is 2.04. The van der Waals surface area contributed by atoms with Gasteiger partial charge in [0.2, 0.25) is 5.91 Å². The largest absolute Gasteiger partial charge is 0.507 e. The van der Waals surface area contributed by atoms with Crippen molar-refractivity contribution in [2.45, 2.75) is 56.8 Å². The van der Waals surface area contributed by atoms with Crippen molar-refractivity contribution in [1.82, 2.24) is 4.90 Å². The molecule has 1 aromatic carbocycles. The van der Waals surface area contributed by atoms with E-state index < -0.39 is 104 Å². The number of nitrogens with two attached hydrogens (primary N) is 1. The van der Waals surface area contributed by atoms with Crippen LogP contribution in [0.5, 0.6) is 5.75 Å². The van der Waals surface area contributed by atoms with Crippen LogP contribution in [0.1, 0.15) is 55.1 Å². The van der Waals surface area contributed by atoms with Gasteiger partial charge in [0, 0.05) is 23.1 Å². The zero-order valence-corrected chi connectivity index (χ0v) is 22.3. The molecular formula is C26H31N3O10. The molecule has 210 valence electrons. The Kier molecular flexibility index (Phi) is 6.37. The SMILES string of the molecule is C[C@H]1c2c([N+](=O)[O-])cc(C(C)(C)C)c(O)c2C(=O)C2C(=O)[C@]3(O)C(=O)C(C(N)=O)C(=O)[C@@H](N(C)C)[C@@H]3[C@@H](O)[C@@H]21. The fourth-order valence-corrected chi connectivity index (χ4v) is 6.84. The molecule has 1 amide bonds. The normalized spacial score (nSPS) is 34.4. The fourth-order valence-electron chi connectivity index (χ4n) is 6.84. The van der Waals surface area contributed by atoms with Gasteiger partial charge in [-0.25, -0.2) is 0 Å². The summed E-state index contributed by atoms with van der Waals surface area (Å²) in [5.41, 5.74) is 0.155. The van der Waals surface area contributed by atoms with Crippen molar-refractivity contribution in [2.24, 2.45) is 29.4 Å². The third-order valence-electron chi connectivity index (χ3n) is 8.57. The second-order valence-corrected chi connectivity index (χ2v) is 12.0. The molecule has 13 nitrogen and oxygen atoms in total. The third kappa shape index (κ3) is 3.60. The number of fused-ring (bicyclic) bond motifs is 3. The number of nitro groups is 1. The topological polar surface area (TPSA) is 218 Å². The van der Waals surface area contributed by atoms with Crippen LogP contribution in [0.2, 0.25) is 0 Å². The van der Waals surface area contributed by atoms with E-state index in [0.29, 0.717) is 0 Å². The molecule has 3 aliphatic rings. The summed E-state index contributed by atoms with van der Waals surface area (Å²) in [6, 6.07) is -0.375. The molecule has 1 aromatic rings. The van der Waals surface area contributed by atoms with Crippen molar-refractivity contribution in [3.63, 3.8) is 0 Å². The number of nitro benzene ring substituents is 1. The van der Waals surface area contributed by atoms with Gasteiger partial charge < -0.3 is 21.1 Å². The van der Waals surface area contributed by atoms with Crippen LogP contribution in [0.4, 0.5) is 5.69 Å². The summed E-state index contributed by atoms with van der Waals surface area (Å²) in [7, 11) is 2.75. The standard InChI is InChI=1S/C26H31N3O10/c1-8-11-10(29(38)39)7-9(25(2,3)4)18(30)13(11)19(31)14-12(8)20(32)16-17(28(5)6)21(33)15(24(27)36)23(35)26(16,37)22(14)34/h7-8,12,14-17,20,30,32,37H,1-6H3,(H2,27,36)/t8-,12+,14?,15?,16+,17-,20-,26-/m0/s1. The predicted octanol–water partition coefficient (Wildman–Crippen LogP) is -0.395. The van der Waals surface area contributed by atoms with Crippen molar-refractivity contribution >= 4 is 34.7 Å². The molecule has 39 heavy (non-hydrogen) atoms. The molecular weight excluding hydrogens is 514 g/mol. The molecule has 0 heterocycles. The summed E-state index contributed by atoms with van der Waals surface area (Å²) in [6.45, 7) is 6.40. The van der Waals surface area contributed by atoms with Crippen LogP contribution in [0.15, 0.2) is 6.07 Å². The first-order valence-corrected chi connectivity index (χ1v) is 12.4. The van der Waals surface area contributed by atoms with Crippen molar-refractivity contribution in [1.29, 1.82) is 0 Å². The van der Waals surface area contributed by atoms with Gasteiger partial charge in [-0.1, -0.05) is 27.7 Å². The lowest BCUT2D eigenvalue weighted by Gasteiger charge is -2.55. The number of benzene rings is 1. The Morgan fingerprint density at radius 2 is 1.72 bits per heavy atom. The van der Waals surface area contributed by atoms with Gasteiger partial charge >= 0.3 is 0 Å². The van der Waals surface area contributed by atoms with Crippen LogP contribution in [0.25, 0.3) is 0 Å². The fraction of sp³-hybridized carbons (Fsp3) is 0.577. The number of hydrogen-bond acceptors (Lipinski definition) is 11. The van der Waals surface area contributed by atoms with E-state index in [1.807, 2.05) is 0 Å². The van der Waals surface area contributed by atoms with Crippen LogP contribution in [0.3, 0.4) is 0 Å². The number of nitrogens with zero attached hydrogens (tertiary/aromatic N) is 2. The number of phenolic OH excluding ortho intramolecular Hbond substituents is 1. The van der Waals surface area contributed by atoms with Gasteiger partial charge in [-0.15, -0.1) is 0 Å². The minimum Gasteiger partial charge on any atom is -0.507 e. The van der Waals surface area contributed by atoms with Crippen LogP contribution in [-0.4, -0.2) is 86.0 Å². The zero-order chi connectivity index (χ0) is 29.7. The number of primary amides is 1. The van der Waals surface area contributed by atoms with Crippen LogP contribution in [-0.2, 0) is 24.6 Å². The minimum absolute atomic E-state index is 0.0631. The van der Waals surface area contributed by atoms with Gasteiger partial charge in [0.25, 0.3) is 5.69 Å². The Bertz CT molecular complexity index is 1360. The lowest BCUT2D eigenvalue weighted by Crippen LogP contribution is -2.77. The van der Waals surface area contributed by atoms with E-state index in [0.717, 1.165) is 6.07 Å². The molecule has 0 radical (unpaired) electrons. The molecule has 13 heteroatoms. The summed E-state index contributed by atoms with van der Waals surface area (Å²) in [6.07, 6.45) is -1.87. The Labute approximate surface area is 223 Å². The number of ketones is 4. The highest BCUT2D eigenvalue weighted by molar-refractivity contribution is 6.32. The van der Waals surface area contributed by atoms with Gasteiger partial charge in [-0.3, -0.25) is 39.0 Å². The molecule has 0 aliphatic heterocycles. The number of aliphatic hydroxyl groups is 2. The van der Waals surface area contributed by atoms with Gasteiger partial charge in [-0.2, -0.15) is 0 Å². The maximum absolute atomic E-state index is 14.0. The van der Waals surface area contributed by atoms with Crippen molar-refractivity contribution in [3.8, 4) is 5.75 Å². The monoisotopic (exact) mass is 545 g/mol. The van der Waals surface area contributed by atoms with Crippen LogP contribution in [0, 0.1) is 33.8 Å². The second-order valence-electron chi connectivity index (χ2n) is 12.0. The first-order chi connectivity index (χ1) is 17.8. The number of phenols is 1. The third-order valence-corrected chi connectivity index (χ3v) is 8.57. The van der Waals surface area contributed by atoms with E-state index in [2.05, 4.69) is 0 Å². The number of amides is 1. The first-order valence-electron chi connectivity index (χ1n) is 12.4. The maximum atomic E-state index is 14.0. The van der Waals surface area contributed by atoms with Gasteiger partial charge in [0.15, 0.2) is 34.7 Å². The van der Waals surface area contributed by atoms with Gasteiger partial charge in [0.05, 0.1) is 34.5 Å².